The minimum atomic E-state index is -4.79. The number of rotatable bonds is 4. The van der Waals surface area contributed by atoms with E-state index in [-0.39, 0.29) is 10.8 Å². The van der Waals surface area contributed by atoms with Crippen LogP contribution in [-0.4, -0.2) is 24.4 Å². The van der Waals surface area contributed by atoms with Crippen molar-refractivity contribution in [2.45, 2.75) is 19.2 Å². The van der Waals surface area contributed by atoms with Crippen LogP contribution in [0.25, 0.3) is 0 Å². The molecule has 3 rings (SSSR count). The van der Waals surface area contributed by atoms with Gasteiger partial charge in [0.2, 0.25) is 0 Å². The third-order valence-corrected chi connectivity index (χ3v) is 4.35. The van der Waals surface area contributed by atoms with Crippen LogP contribution < -0.4 is 14.4 Å². The van der Waals surface area contributed by atoms with Crippen LogP contribution in [0.5, 0.6) is 17.2 Å². The van der Waals surface area contributed by atoms with E-state index in [4.69, 9.17) is 27.9 Å². The van der Waals surface area contributed by atoms with Crippen LogP contribution in [0.4, 0.5) is 19.0 Å². The molecular formula is C17H14Cl2F3N2O2. The smallest absolute Gasteiger partial charge is 0.454 e. The average molecular weight is 406 g/mol. The minimum Gasteiger partial charge on any atom is -0.454 e. The summed E-state index contributed by atoms with van der Waals surface area (Å²) in [6, 6.07) is 5.00. The molecule has 2 aromatic rings. The Morgan fingerprint density at radius 2 is 1.77 bits per heavy atom. The molecular weight excluding hydrogens is 392 g/mol. The molecule has 139 valence electrons. The van der Waals surface area contributed by atoms with E-state index in [1.165, 1.54) is 6.07 Å². The predicted octanol–water partition coefficient (Wildman–Crippen LogP) is 5.88. The molecule has 1 aliphatic heterocycles. The summed E-state index contributed by atoms with van der Waals surface area (Å²) in [7, 11) is 0. The Balaban J connectivity index is 1.80. The van der Waals surface area contributed by atoms with Crippen LogP contribution in [0, 0.1) is 6.42 Å². The Morgan fingerprint density at radius 1 is 1.04 bits per heavy atom. The van der Waals surface area contributed by atoms with E-state index < -0.39 is 12.1 Å². The molecule has 1 fully saturated rings. The highest BCUT2D eigenvalue weighted by atomic mass is 35.5. The molecule has 2 heterocycles. The molecule has 0 unspecified atom stereocenters. The maximum Gasteiger partial charge on any atom is 0.573 e. The van der Waals surface area contributed by atoms with Gasteiger partial charge in [0.05, 0.1) is 5.02 Å². The fourth-order valence-corrected chi connectivity index (χ4v) is 3.04. The number of alkyl halides is 3. The zero-order valence-electron chi connectivity index (χ0n) is 13.4. The summed E-state index contributed by atoms with van der Waals surface area (Å²) in [4.78, 5) is 6.36. The SMILES string of the molecule is FC(F)(F)Oc1ccc(Oc2ccnc(N3CC[CH]CC3)c2Cl)c(Cl)c1. The Hall–Kier alpha value is -1.86. The van der Waals surface area contributed by atoms with E-state index in [0.717, 1.165) is 38.1 Å². The predicted molar refractivity (Wildman–Crippen MR) is 93.2 cm³/mol. The number of benzene rings is 1. The third kappa shape index (κ3) is 4.65. The second-order valence-corrected chi connectivity index (χ2v) is 6.33. The lowest BCUT2D eigenvalue weighted by Crippen LogP contribution is -2.30. The van der Waals surface area contributed by atoms with E-state index in [2.05, 4.69) is 21.0 Å². The van der Waals surface area contributed by atoms with Gasteiger partial charge in [-0.3, -0.25) is 0 Å². The van der Waals surface area contributed by atoms with Gasteiger partial charge in [0.1, 0.15) is 16.5 Å². The topological polar surface area (TPSA) is 34.6 Å². The fraction of sp³-hybridized carbons (Fsp3) is 0.294. The third-order valence-electron chi connectivity index (χ3n) is 3.70. The summed E-state index contributed by atoms with van der Waals surface area (Å²) in [6.45, 7) is 1.61. The number of pyridine rings is 1. The maximum absolute atomic E-state index is 12.3. The first-order chi connectivity index (χ1) is 12.3. The quantitative estimate of drug-likeness (QED) is 0.635. The highest BCUT2D eigenvalue weighted by Crippen LogP contribution is 2.39. The Morgan fingerprint density at radius 3 is 2.42 bits per heavy atom. The molecule has 26 heavy (non-hydrogen) atoms. The number of hydrogen-bond donors (Lipinski definition) is 0. The molecule has 9 heteroatoms. The van der Waals surface area contributed by atoms with Crippen LogP contribution in [0.3, 0.4) is 0 Å². The number of piperidine rings is 1. The van der Waals surface area contributed by atoms with Gasteiger partial charge < -0.3 is 14.4 Å². The molecule has 0 N–H and O–H groups in total. The summed E-state index contributed by atoms with van der Waals surface area (Å²) in [5.41, 5.74) is 0. The van der Waals surface area contributed by atoms with Gasteiger partial charge in [-0.2, -0.15) is 0 Å². The second-order valence-electron chi connectivity index (χ2n) is 5.54. The van der Waals surface area contributed by atoms with Crippen molar-refractivity contribution in [3.05, 3.63) is 46.9 Å². The van der Waals surface area contributed by atoms with Crippen molar-refractivity contribution in [3.8, 4) is 17.2 Å². The van der Waals surface area contributed by atoms with Crippen LogP contribution in [0.2, 0.25) is 10.0 Å². The van der Waals surface area contributed by atoms with Crippen molar-refractivity contribution in [2.75, 3.05) is 18.0 Å². The summed E-state index contributed by atoms with van der Waals surface area (Å²) in [5.74, 6) is 0.649. The maximum atomic E-state index is 12.3. The van der Waals surface area contributed by atoms with Gasteiger partial charge in [0, 0.05) is 31.4 Å². The van der Waals surface area contributed by atoms with Crippen molar-refractivity contribution in [1.82, 2.24) is 4.98 Å². The van der Waals surface area contributed by atoms with Gasteiger partial charge in [-0.25, -0.2) is 4.98 Å². The van der Waals surface area contributed by atoms with Gasteiger partial charge in [0.15, 0.2) is 11.6 Å². The standard InChI is InChI=1S/C17H14Cl2F3N2O2/c18-12-10-11(26-17(20,21)22)4-5-13(12)25-14-6-7-23-16(15(14)19)24-8-2-1-3-9-24/h1,4-7,10H,2-3,8-9H2. The van der Waals surface area contributed by atoms with Crippen molar-refractivity contribution in [3.63, 3.8) is 0 Å². The first-order valence-electron chi connectivity index (χ1n) is 7.78. The molecule has 1 radical (unpaired) electrons. The van der Waals surface area contributed by atoms with E-state index in [9.17, 15) is 13.2 Å². The molecule has 1 aromatic carbocycles. The van der Waals surface area contributed by atoms with Gasteiger partial charge in [-0.05, 0) is 31.4 Å². The molecule has 0 atom stereocenters. The Labute approximate surface area is 158 Å². The number of anilines is 1. The van der Waals surface area contributed by atoms with E-state index in [0.29, 0.717) is 16.6 Å². The minimum absolute atomic E-state index is 0.0336. The molecule has 4 nitrogen and oxygen atoms in total. The molecule has 0 saturated carbocycles. The van der Waals surface area contributed by atoms with Crippen molar-refractivity contribution in [2.24, 2.45) is 0 Å². The molecule has 0 bridgehead atoms. The summed E-state index contributed by atoms with van der Waals surface area (Å²) < 4.78 is 46.3. The highest BCUT2D eigenvalue weighted by molar-refractivity contribution is 6.34. The van der Waals surface area contributed by atoms with Crippen LogP contribution in [0.1, 0.15) is 12.8 Å². The summed E-state index contributed by atoms with van der Waals surface area (Å²) >= 11 is 12.4. The molecule has 1 saturated heterocycles. The highest BCUT2D eigenvalue weighted by Gasteiger charge is 2.31. The van der Waals surface area contributed by atoms with E-state index in [1.54, 1.807) is 12.3 Å². The number of halogens is 5. The first-order valence-corrected chi connectivity index (χ1v) is 8.53. The molecule has 0 amide bonds. The summed E-state index contributed by atoms with van der Waals surface area (Å²) in [6.07, 6.45) is 0.852. The van der Waals surface area contributed by atoms with Gasteiger partial charge in [0.25, 0.3) is 0 Å². The van der Waals surface area contributed by atoms with Crippen molar-refractivity contribution >= 4 is 29.0 Å². The zero-order valence-corrected chi connectivity index (χ0v) is 14.9. The number of aromatic nitrogens is 1. The molecule has 0 spiro atoms. The zero-order chi connectivity index (χ0) is 18.7. The van der Waals surface area contributed by atoms with Gasteiger partial charge in [-0.15, -0.1) is 13.2 Å². The monoisotopic (exact) mass is 405 g/mol. The van der Waals surface area contributed by atoms with E-state index >= 15 is 0 Å². The van der Waals surface area contributed by atoms with Crippen molar-refractivity contribution < 1.29 is 22.6 Å². The van der Waals surface area contributed by atoms with Crippen LogP contribution >= 0.6 is 23.2 Å². The normalized spacial score (nSPS) is 15.0. The lowest BCUT2D eigenvalue weighted by molar-refractivity contribution is -0.274. The van der Waals surface area contributed by atoms with Gasteiger partial charge in [-0.1, -0.05) is 23.2 Å². The molecule has 1 aromatic heterocycles. The van der Waals surface area contributed by atoms with Crippen LogP contribution in [-0.2, 0) is 0 Å². The lowest BCUT2D eigenvalue weighted by Gasteiger charge is -2.28. The Kier molecular flexibility index (Phi) is 5.67. The van der Waals surface area contributed by atoms with Crippen LogP contribution in [0.15, 0.2) is 30.5 Å². The summed E-state index contributed by atoms with van der Waals surface area (Å²) in [5, 5.41) is 0.287. The number of ether oxygens (including phenoxy) is 2. The average Bonchev–Trinajstić information content (AvgIpc) is 2.58. The number of hydrogen-bond acceptors (Lipinski definition) is 4. The first kappa shape index (κ1) is 18.9. The second kappa shape index (κ2) is 7.80. The molecule has 1 aliphatic rings. The lowest BCUT2D eigenvalue weighted by atomic mass is 10.1. The number of nitrogens with zero attached hydrogens (tertiary/aromatic N) is 2. The van der Waals surface area contributed by atoms with E-state index in [1.807, 2.05) is 0 Å². The Bertz CT molecular complexity index is 781. The molecule has 0 aliphatic carbocycles. The van der Waals surface area contributed by atoms with Crippen molar-refractivity contribution in [1.29, 1.82) is 0 Å². The fourth-order valence-electron chi connectivity index (χ4n) is 2.56. The van der Waals surface area contributed by atoms with Gasteiger partial charge >= 0.3 is 6.36 Å². The largest absolute Gasteiger partial charge is 0.573 e.